The summed E-state index contributed by atoms with van der Waals surface area (Å²) in [6.45, 7) is 4.08. The molecule has 1 aliphatic carbocycles. The summed E-state index contributed by atoms with van der Waals surface area (Å²) in [5.41, 5.74) is 2.23. The van der Waals surface area contributed by atoms with E-state index in [9.17, 15) is 9.90 Å². The number of aliphatic hydroxyl groups is 2. The first-order valence-electron chi connectivity index (χ1n) is 10.3. The van der Waals surface area contributed by atoms with Crippen LogP contribution in [0, 0.1) is 5.41 Å². The van der Waals surface area contributed by atoms with Crippen molar-refractivity contribution in [3.05, 3.63) is 29.6 Å². The van der Waals surface area contributed by atoms with Gasteiger partial charge in [0.25, 0.3) is 0 Å². The van der Waals surface area contributed by atoms with Gasteiger partial charge in [0.15, 0.2) is 11.6 Å². The third-order valence-electron chi connectivity index (χ3n) is 5.11. The zero-order chi connectivity index (χ0) is 21.7. The fourth-order valence-electron chi connectivity index (χ4n) is 3.61. The molecule has 162 valence electrons. The number of carbonyl (C=O) groups excluding carboxylic acids is 1. The van der Waals surface area contributed by atoms with Gasteiger partial charge < -0.3 is 19.8 Å². The van der Waals surface area contributed by atoms with Crippen molar-refractivity contribution in [2.45, 2.75) is 39.5 Å². The number of rotatable bonds is 10. The lowest BCUT2D eigenvalue weighted by Gasteiger charge is -2.24. The first-order chi connectivity index (χ1) is 14.3. The molecule has 0 spiro atoms. The molecule has 1 aliphatic rings. The molecule has 0 saturated heterocycles. The molecular weight excluding hydrogens is 384 g/mol. The number of aliphatic hydroxyl groups excluding tert-OH is 2. The minimum Gasteiger partial charge on any atom is -0.491 e. The highest BCUT2D eigenvalue weighted by Crippen LogP contribution is 2.31. The fraction of sp³-hybridized carbons (Fsp3) is 0.545. The molecule has 8 heteroatoms. The van der Waals surface area contributed by atoms with Crippen molar-refractivity contribution in [1.29, 1.82) is 0 Å². The number of pyridine rings is 1. The quantitative estimate of drug-likeness (QED) is 0.606. The first kappa shape index (κ1) is 22.1. The molecule has 2 heterocycles. The van der Waals surface area contributed by atoms with E-state index in [1.165, 1.54) is 0 Å². The number of ketones is 1. The number of ether oxygens (including phenoxy) is 1. The van der Waals surface area contributed by atoms with E-state index >= 15 is 0 Å². The van der Waals surface area contributed by atoms with E-state index in [1.54, 1.807) is 18.3 Å². The summed E-state index contributed by atoms with van der Waals surface area (Å²) in [7, 11) is 1.86. The lowest BCUT2D eigenvalue weighted by molar-refractivity contribution is -0.120. The average Bonchev–Trinajstić information content (AvgIpc) is 3.20. The van der Waals surface area contributed by atoms with Crippen LogP contribution >= 0.6 is 0 Å². The van der Waals surface area contributed by atoms with Gasteiger partial charge in [-0.2, -0.15) is 0 Å². The van der Waals surface area contributed by atoms with Crippen LogP contribution in [0.25, 0.3) is 11.5 Å². The fourth-order valence-corrected chi connectivity index (χ4v) is 3.61. The summed E-state index contributed by atoms with van der Waals surface area (Å²) >= 11 is 0. The molecule has 0 bridgehead atoms. The van der Waals surface area contributed by atoms with Gasteiger partial charge in [0, 0.05) is 43.6 Å². The molecule has 0 unspecified atom stereocenters. The summed E-state index contributed by atoms with van der Waals surface area (Å²) in [4.78, 5) is 28.3. The van der Waals surface area contributed by atoms with E-state index < -0.39 is 5.41 Å². The van der Waals surface area contributed by atoms with Crippen molar-refractivity contribution in [1.82, 2.24) is 15.0 Å². The Kier molecular flexibility index (Phi) is 6.99. The minimum absolute atomic E-state index is 0.0319. The molecule has 3 rings (SSSR count). The molecule has 8 nitrogen and oxygen atoms in total. The van der Waals surface area contributed by atoms with Gasteiger partial charge in [-0.15, -0.1) is 0 Å². The van der Waals surface area contributed by atoms with Gasteiger partial charge in [0.2, 0.25) is 0 Å². The van der Waals surface area contributed by atoms with Gasteiger partial charge in [-0.3, -0.25) is 9.78 Å². The van der Waals surface area contributed by atoms with Crippen LogP contribution in [0.4, 0.5) is 5.82 Å². The van der Waals surface area contributed by atoms with E-state index in [2.05, 4.69) is 4.98 Å². The topological polar surface area (TPSA) is 109 Å². The number of Topliss-reactive ketones (excluding diaryl/α,β-unsaturated/α-hetero) is 1. The molecule has 0 saturated carbocycles. The van der Waals surface area contributed by atoms with E-state index in [0.29, 0.717) is 23.7 Å². The number of aryl methyl sites for hydroxylation is 1. The molecule has 0 radical (unpaired) electrons. The predicted molar refractivity (Wildman–Crippen MR) is 114 cm³/mol. The monoisotopic (exact) mass is 414 g/mol. The zero-order valence-corrected chi connectivity index (χ0v) is 17.9. The Morgan fingerprint density at radius 1 is 1.27 bits per heavy atom. The molecule has 0 aliphatic heterocycles. The van der Waals surface area contributed by atoms with Crippen LogP contribution in [-0.4, -0.2) is 64.4 Å². The average molecular weight is 415 g/mol. The summed E-state index contributed by atoms with van der Waals surface area (Å²) in [5, 5.41) is 18.4. The van der Waals surface area contributed by atoms with Crippen molar-refractivity contribution >= 4 is 11.6 Å². The first-order valence-corrected chi connectivity index (χ1v) is 10.3. The lowest BCUT2D eigenvalue weighted by Crippen LogP contribution is -2.31. The van der Waals surface area contributed by atoms with Crippen molar-refractivity contribution < 1.29 is 19.7 Å². The van der Waals surface area contributed by atoms with Crippen LogP contribution < -0.4 is 9.64 Å². The molecule has 2 N–H and O–H groups in total. The summed E-state index contributed by atoms with van der Waals surface area (Å²) in [6, 6.07) is 3.48. The Balaban J connectivity index is 1.87. The second kappa shape index (κ2) is 9.49. The van der Waals surface area contributed by atoms with E-state index in [-0.39, 0.29) is 32.1 Å². The van der Waals surface area contributed by atoms with E-state index in [4.69, 9.17) is 19.8 Å². The Morgan fingerprint density at radius 2 is 2.07 bits per heavy atom. The maximum atomic E-state index is 12.6. The van der Waals surface area contributed by atoms with Gasteiger partial charge in [-0.1, -0.05) is 13.8 Å². The molecule has 0 fully saturated rings. The summed E-state index contributed by atoms with van der Waals surface area (Å²) in [5.74, 6) is 1.90. The Bertz CT molecular complexity index is 901. The highest BCUT2D eigenvalue weighted by atomic mass is 16.5. The van der Waals surface area contributed by atoms with Gasteiger partial charge in [-0.25, -0.2) is 9.97 Å². The number of nitrogens with zero attached hydrogens (tertiary/aromatic N) is 4. The molecule has 0 amide bonds. The summed E-state index contributed by atoms with van der Waals surface area (Å²) in [6.07, 6.45) is 4.70. The van der Waals surface area contributed by atoms with E-state index in [0.717, 1.165) is 36.3 Å². The second-order valence-electron chi connectivity index (χ2n) is 8.49. The highest BCUT2D eigenvalue weighted by Gasteiger charge is 2.26. The lowest BCUT2D eigenvalue weighted by atomic mass is 9.88. The molecule has 2 aromatic heterocycles. The van der Waals surface area contributed by atoms with Crippen LogP contribution in [0.3, 0.4) is 0 Å². The van der Waals surface area contributed by atoms with Crippen molar-refractivity contribution in [2.24, 2.45) is 5.41 Å². The number of anilines is 1. The second-order valence-corrected chi connectivity index (χ2v) is 8.49. The number of fused-ring (bicyclic) bond motifs is 1. The van der Waals surface area contributed by atoms with Crippen LogP contribution in [-0.2, 0) is 17.6 Å². The van der Waals surface area contributed by atoms with Gasteiger partial charge in [-0.05, 0) is 30.7 Å². The van der Waals surface area contributed by atoms with Crippen LogP contribution in [0.5, 0.6) is 5.75 Å². The van der Waals surface area contributed by atoms with Crippen LogP contribution in [0.2, 0.25) is 0 Å². The number of likely N-dealkylation sites (N-methyl/N-ethyl adjacent to an activating group) is 1. The number of hydrogen-bond donors (Lipinski definition) is 2. The number of hydrogen-bond acceptors (Lipinski definition) is 8. The van der Waals surface area contributed by atoms with Gasteiger partial charge >= 0.3 is 0 Å². The largest absolute Gasteiger partial charge is 0.491 e. The molecule has 2 aromatic rings. The number of aromatic nitrogens is 3. The minimum atomic E-state index is -0.435. The molecule has 0 aromatic carbocycles. The van der Waals surface area contributed by atoms with Crippen LogP contribution in [0.1, 0.15) is 37.9 Å². The summed E-state index contributed by atoms with van der Waals surface area (Å²) < 4.78 is 5.48. The number of carbonyl (C=O) groups is 1. The van der Waals surface area contributed by atoms with Crippen molar-refractivity contribution in [2.75, 3.05) is 38.3 Å². The Morgan fingerprint density at radius 3 is 2.80 bits per heavy atom. The zero-order valence-electron chi connectivity index (χ0n) is 17.9. The maximum absolute atomic E-state index is 12.6. The Hall–Kier alpha value is -2.58. The third kappa shape index (κ3) is 5.31. The maximum Gasteiger partial charge on any atom is 0.180 e. The molecular formula is C22H30N4O4. The standard InChI is InChI=1S/C22H30N4O4/c1-22(2,14-28)12-15(29)13-26(3)21-17-5-4-6-18(17)24-20(25-21)19-11-16(7-8-23-19)30-10-9-27/h7-8,11,27-28H,4-6,9-10,12-14H2,1-3H3. The van der Waals surface area contributed by atoms with Gasteiger partial charge in [0.1, 0.15) is 23.9 Å². The molecule has 30 heavy (non-hydrogen) atoms. The highest BCUT2D eigenvalue weighted by molar-refractivity contribution is 5.84. The molecule has 0 atom stereocenters. The van der Waals surface area contributed by atoms with Crippen LogP contribution in [0.15, 0.2) is 18.3 Å². The SMILES string of the molecule is CN(CC(=O)CC(C)(C)CO)c1nc(-c2cc(OCCO)ccn2)nc2c1CCC2. The van der Waals surface area contributed by atoms with Gasteiger partial charge in [0.05, 0.1) is 13.2 Å². The smallest absolute Gasteiger partial charge is 0.180 e. The predicted octanol–water partition coefficient (Wildman–Crippen LogP) is 1.81. The van der Waals surface area contributed by atoms with Crippen molar-refractivity contribution in [3.63, 3.8) is 0 Å². The third-order valence-corrected chi connectivity index (χ3v) is 5.11. The van der Waals surface area contributed by atoms with E-state index in [1.807, 2.05) is 25.8 Å². The normalized spacial score (nSPS) is 13.2. The van der Waals surface area contributed by atoms with Crippen molar-refractivity contribution in [3.8, 4) is 17.3 Å². The Labute approximate surface area is 177 Å².